The third kappa shape index (κ3) is 5.04. The van der Waals surface area contributed by atoms with Crippen molar-refractivity contribution < 1.29 is 19.4 Å². The minimum atomic E-state index is -0.933. The van der Waals surface area contributed by atoms with E-state index < -0.39 is 5.97 Å². The molecule has 144 valence electrons. The lowest BCUT2D eigenvalue weighted by atomic mass is 10.1. The topological polar surface area (TPSA) is 67.8 Å². The number of ether oxygens (including phenoxy) is 2. The number of rotatable bonds is 8. The van der Waals surface area contributed by atoms with Crippen molar-refractivity contribution >= 4 is 11.7 Å². The van der Waals surface area contributed by atoms with Gasteiger partial charge in [-0.1, -0.05) is 35.9 Å². The summed E-state index contributed by atoms with van der Waals surface area (Å²) in [6, 6.07) is 20.7. The van der Waals surface area contributed by atoms with E-state index in [2.05, 4.69) is 24.4 Å². The first-order valence-corrected chi connectivity index (χ1v) is 8.97. The molecule has 3 aromatic carbocycles. The van der Waals surface area contributed by atoms with Crippen LogP contribution in [0.3, 0.4) is 0 Å². The van der Waals surface area contributed by atoms with Crippen molar-refractivity contribution in [3.05, 3.63) is 89.0 Å². The summed E-state index contributed by atoms with van der Waals surface area (Å²) < 4.78 is 11.4. The van der Waals surface area contributed by atoms with Crippen LogP contribution in [0.2, 0.25) is 0 Å². The van der Waals surface area contributed by atoms with Crippen molar-refractivity contribution in [3.63, 3.8) is 0 Å². The first kappa shape index (κ1) is 19.3. The second-order valence-electron chi connectivity index (χ2n) is 6.50. The molecule has 28 heavy (non-hydrogen) atoms. The van der Waals surface area contributed by atoms with E-state index in [-0.39, 0.29) is 5.56 Å². The van der Waals surface area contributed by atoms with Crippen LogP contribution in [-0.2, 0) is 13.2 Å². The van der Waals surface area contributed by atoms with E-state index in [9.17, 15) is 4.79 Å². The Balaban J connectivity index is 1.62. The van der Waals surface area contributed by atoms with E-state index in [0.29, 0.717) is 24.7 Å². The quantitative estimate of drug-likeness (QED) is 0.585. The van der Waals surface area contributed by atoms with Gasteiger partial charge in [0.05, 0.1) is 12.7 Å². The molecule has 0 bridgehead atoms. The molecule has 0 spiro atoms. The molecular weight excluding hydrogens is 354 g/mol. The number of hydrogen-bond donors (Lipinski definition) is 2. The van der Waals surface area contributed by atoms with Crippen LogP contribution < -0.4 is 14.8 Å². The average molecular weight is 377 g/mol. The second-order valence-corrected chi connectivity index (χ2v) is 6.50. The van der Waals surface area contributed by atoms with E-state index in [0.717, 1.165) is 16.8 Å². The Kier molecular flexibility index (Phi) is 6.17. The van der Waals surface area contributed by atoms with Crippen LogP contribution in [0.4, 0.5) is 5.69 Å². The molecule has 0 atom stereocenters. The molecule has 0 heterocycles. The van der Waals surface area contributed by atoms with Crippen molar-refractivity contribution in [3.8, 4) is 11.5 Å². The fourth-order valence-electron chi connectivity index (χ4n) is 2.84. The van der Waals surface area contributed by atoms with Crippen LogP contribution in [0.25, 0.3) is 0 Å². The minimum Gasteiger partial charge on any atom is -0.493 e. The Morgan fingerprint density at radius 2 is 1.75 bits per heavy atom. The Labute approximate surface area is 164 Å². The lowest BCUT2D eigenvalue weighted by molar-refractivity contribution is 0.0697. The summed E-state index contributed by atoms with van der Waals surface area (Å²) in [6.45, 7) is 3.12. The van der Waals surface area contributed by atoms with Crippen molar-refractivity contribution in [2.45, 2.75) is 20.1 Å². The fraction of sp³-hybridized carbons (Fsp3) is 0.174. The van der Waals surface area contributed by atoms with Crippen LogP contribution in [-0.4, -0.2) is 18.2 Å². The highest BCUT2D eigenvalue weighted by Crippen LogP contribution is 2.29. The largest absolute Gasteiger partial charge is 0.493 e. The number of hydrogen-bond acceptors (Lipinski definition) is 4. The van der Waals surface area contributed by atoms with Gasteiger partial charge < -0.3 is 19.9 Å². The zero-order chi connectivity index (χ0) is 19.9. The van der Waals surface area contributed by atoms with Crippen molar-refractivity contribution in [1.29, 1.82) is 0 Å². The maximum atomic E-state index is 10.9. The zero-order valence-corrected chi connectivity index (χ0v) is 15.9. The number of nitrogens with one attached hydrogen (secondary N) is 1. The molecule has 0 aromatic heterocycles. The lowest BCUT2D eigenvalue weighted by Gasteiger charge is -2.13. The number of aryl methyl sites for hydroxylation is 1. The van der Waals surface area contributed by atoms with E-state index in [1.807, 2.05) is 30.3 Å². The van der Waals surface area contributed by atoms with Gasteiger partial charge in [-0.3, -0.25) is 0 Å². The SMILES string of the molecule is COc1cc(CNc2ccc(C(=O)O)cc2)ccc1OCc1cccc(C)c1. The Bertz CT molecular complexity index is 951. The summed E-state index contributed by atoms with van der Waals surface area (Å²) in [7, 11) is 1.62. The summed E-state index contributed by atoms with van der Waals surface area (Å²) in [4.78, 5) is 10.9. The summed E-state index contributed by atoms with van der Waals surface area (Å²) >= 11 is 0. The molecule has 5 heteroatoms. The van der Waals surface area contributed by atoms with Crippen molar-refractivity contribution in [2.24, 2.45) is 0 Å². The molecule has 3 rings (SSSR count). The Hall–Kier alpha value is -3.47. The van der Waals surface area contributed by atoms with Crippen LogP contribution in [0.1, 0.15) is 27.0 Å². The summed E-state index contributed by atoms with van der Waals surface area (Å²) in [5, 5.41) is 12.2. The van der Waals surface area contributed by atoms with Gasteiger partial charge in [0, 0.05) is 12.2 Å². The van der Waals surface area contributed by atoms with Crippen molar-refractivity contribution in [1.82, 2.24) is 0 Å². The number of carboxylic acids is 1. The zero-order valence-electron chi connectivity index (χ0n) is 15.9. The second kappa shape index (κ2) is 8.95. The van der Waals surface area contributed by atoms with Crippen LogP contribution in [0.15, 0.2) is 66.7 Å². The maximum absolute atomic E-state index is 10.9. The highest BCUT2D eigenvalue weighted by atomic mass is 16.5. The number of aromatic carboxylic acids is 1. The van der Waals surface area contributed by atoms with E-state index in [1.165, 1.54) is 5.56 Å². The normalized spacial score (nSPS) is 10.4. The Morgan fingerprint density at radius 1 is 0.964 bits per heavy atom. The van der Waals surface area contributed by atoms with Gasteiger partial charge in [0.1, 0.15) is 6.61 Å². The maximum Gasteiger partial charge on any atom is 0.335 e. The molecule has 0 fully saturated rings. The summed E-state index contributed by atoms with van der Waals surface area (Å²) in [5.41, 5.74) is 4.46. The number of anilines is 1. The fourth-order valence-corrected chi connectivity index (χ4v) is 2.84. The summed E-state index contributed by atoms with van der Waals surface area (Å²) in [5.74, 6) is 0.435. The molecular formula is C23H23NO4. The molecule has 0 saturated heterocycles. The van der Waals surface area contributed by atoms with E-state index >= 15 is 0 Å². The monoisotopic (exact) mass is 377 g/mol. The molecule has 0 unspecified atom stereocenters. The average Bonchev–Trinajstić information content (AvgIpc) is 2.71. The number of benzene rings is 3. The molecule has 2 N–H and O–H groups in total. The molecule has 0 radical (unpaired) electrons. The predicted molar refractivity (Wildman–Crippen MR) is 109 cm³/mol. The highest BCUT2D eigenvalue weighted by molar-refractivity contribution is 5.88. The third-order valence-corrected chi connectivity index (χ3v) is 4.33. The highest BCUT2D eigenvalue weighted by Gasteiger charge is 2.07. The molecule has 0 aliphatic carbocycles. The molecule has 3 aromatic rings. The van der Waals surface area contributed by atoms with Crippen LogP contribution in [0.5, 0.6) is 11.5 Å². The van der Waals surface area contributed by atoms with Gasteiger partial charge in [0.2, 0.25) is 0 Å². The van der Waals surface area contributed by atoms with Crippen LogP contribution in [0, 0.1) is 6.92 Å². The molecule has 0 amide bonds. The van der Waals surface area contributed by atoms with Crippen LogP contribution >= 0.6 is 0 Å². The smallest absolute Gasteiger partial charge is 0.335 e. The number of carboxylic acid groups (broad SMARTS) is 1. The Morgan fingerprint density at radius 3 is 2.43 bits per heavy atom. The van der Waals surface area contributed by atoms with E-state index in [4.69, 9.17) is 14.6 Å². The van der Waals surface area contributed by atoms with Gasteiger partial charge in [-0.15, -0.1) is 0 Å². The molecule has 0 aliphatic rings. The lowest BCUT2D eigenvalue weighted by Crippen LogP contribution is -2.02. The first-order chi connectivity index (χ1) is 13.5. The number of carbonyl (C=O) groups is 1. The van der Waals surface area contributed by atoms with Gasteiger partial charge in [-0.2, -0.15) is 0 Å². The molecule has 0 saturated carbocycles. The van der Waals surface area contributed by atoms with E-state index in [1.54, 1.807) is 31.4 Å². The summed E-state index contributed by atoms with van der Waals surface area (Å²) in [6.07, 6.45) is 0. The van der Waals surface area contributed by atoms with Gasteiger partial charge in [-0.25, -0.2) is 4.79 Å². The molecule has 5 nitrogen and oxygen atoms in total. The van der Waals surface area contributed by atoms with Gasteiger partial charge in [0.25, 0.3) is 0 Å². The third-order valence-electron chi connectivity index (χ3n) is 4.33. The minimum absolute atomic E-state index is 0.266. The number of methoxy groups -OCH3 is 1. The molecule has 0 aliphatic heterocycles. The first-order valence-electron chi connectivity index (χ1n) is 8.97. The standard InChI is InChI=1S/C23H23NO4/c1-16-4-3-5-18(12-16)15-28-21-11-6-17(13-22(21)27-2)14-24-20-9-7-19(8-10-20)23(25)26/h3-13,24H,14-15H2,1-2H3,(H,25,26). The van der Waals surface area contributed by atoms with Gasteiger partial charge in [-0.05, 0) is 54.4 Å². The van der Waals surface area contributed by atoms with Gasteiger partial charge in [0.15, 0.2) is 11.5 Å². The van der Waals surface area contributed by atoms with Crippen molar-refractivity contribution in [2.75, 3.05) is 12.4 Å². The predicted octanol–water partition coefficient (Wildman–Crippen LogP) is 4.89. The van der Waals surface area contributed by atoms with Gasteiger partial charge >= 0.3 is 5.97 Å².